The first-order chi connectivity index (χ1) is 45.7. The first-order valence-electron chi connectivity index (χ1n) is 34.8. The maximum absolute atomic E-state index is 14.8. The van der Waals surface area contributed by atoms with Gasteiger partial charge in [0.25, 0.3) is 0 Å². The molecule has 28 heteroatoms. The van der Waals surface area contributed by atoms with Crippen molar-refractivity contribution in [3.05, 3.63) is 34.3 Å². The summed E-state index contributed by atoms with van der Waals surface area (Å²) in [6.07, 6.45) is 3.92. The molecule has 0 aromatic heterocycles. The number of nitrogens with zero attached hydrogens (tertiary/aromatic N) is 9. The van der Waals surface area contributed by atoms with Crippen molar-refractivity contribution in [3.8, 4) is 0 Å². The lowest BCUT2D eigenvalue weighted by atomic mass is 9.84. The Morgan fingerprint density at radius 3 is 1.85 bits per heavy atom. The zero-order valence-electron chi connectivity index (χ0n) is 59.2. The van der Waals surface area contributed by atoms with E-state index in [1.807, 2.05) is 27.7 Å². The fourth-order valence-electron chi connectivity index (χ4n) is 13.4. The van der Waals surface area contributed by atoms with E-state index in [0.717, 1.165) is 65.4 Å². The number of amides is 12. The lowest BCUT2D eigenvalue weighted by molar-refractivity contribution is -0.153. The van der Waals surface area contributed by atoms with Crippen molar-refractivity contribution in [1.82, 2.24) is 60.0 Å². The smallest absolute Gasteiger partial charge is 0.354 e. The fourth-order valence-corrected chi connectivity index (χ4v) is 13.7. The number of likely N-dealkylation sites (N-methyl/N-ethyl adjacent to an activating group) is 7. The van der Waals surface area contributed by atoms with Crippen molar-refractivity contribution in [2.24, 2.45) is 17.8 Å². The second-order valence-electron chi connectivity index (χ2n) is 27.7. The number of hydrogen-bond acceptors (Lipinski definition) is 12. The predicted octanol–water partition coefficient (Wildman–Crippen LogP) is 5.50. The molecule has 1 saturated carbocycles. The Kier molecular flexibility index (Phi) is 31.4. The Hall–Kier alpha value is -7.06. The van der Waals surface area contributed by atoms with Crippen LogP contribution in [-0.4, -0.2) is 252 Å². The number of alkyl halides is 3. The standard InChI is InChI=1S/C69H108ClF3N12O12/c1-13-24-52-66(95)83(12)55(67(96)84-34-21-16-22-35-84)40-58(88)81(10)53(37-44(3)4)63(92)76-61(45(5)14-2)68(97)79(8)42-59(89)77(6)43-60(90)82(11)54(39-46-25-17-15-18-26-46)65(94)78(7)41-56(86)75-50(32-30-47-29-31-48(49(70)38-47)69(71,72)73)64(93)85-36-23-27-51(85)62(91)74-33-20-19-28-57(87)80(52)9/h29,31,38,44-46,50-55,61H,13-28,30,32-37,39-43H2,1-12H3,(H,74,91)(H,75,86)(H,76,92)/t45-,50-,51-,52-,53-,54-,55-,61-/m0/s1. The van der Waals surface area contributed by atoms with E-state index in [2.05, 4.69) is 16.0 Å². The van der Waals surface area contributed by atoms with E-state index in [1.54, 1.807) is 11.8 Å². The van der Waals surface area contributed by atoms with Gasteiger partial charge in [0.15, 0.2) is 0 Å². The van der Waals surface area contributed by atoms with Crippen LogP contribution in [0.15, 0.2) is 18.2 Å². The molecule has 12 amide bonds. The molecule has 544 valence electrons. The fraction of sp³-hybridized carbons (Fsp3) is 0.739. The van der Waals surface area contributed by atoms with Crippen LogP contribution >= 0.6 is 11.6 Å². The summed E-state index contributed by atoms with van der Waals surface area (Å²) in [7, 11) is 9.95. The van der Waals surface area contributed by atoms with Gasteiger partial charge in [-0.1, -0.05) is 97.2 Å². The van der Waals surface area contributed by atoms with E-state index >= 15 is 0 Å². The normalized spacial score (nSPS) is 25.4. The summed E-state index contributed by atoms with van der Waals surface area (Å²) >= 11 is 6.09. The first kappa shape index (κ1) is 80.6. The molecule has 1 aromatic rings. The van der Waals surface area contributed by atoms with Crippen molar-refractivity contribution < 1.29 is 70.7 Å². The van der Waals surface area contributed by atoms with Gasteiger partial charge in [0.2, 0.25) is 70.9 Å². The minimum atomic E-state index is -4.74. The summed E-state index contributed by atoms with van der Waals surface area (Å²) in [6.45, 7) is 8.54. The number of halogens is 4. The molecule has 8 atom stereocenters. The number of fused-ring (bicyclic) bond motifs is 1. The number of carbonyl (C=O) groups is 12. The van der Waals surface area contributed by atoms with Gasteiger partial charge in [-0.2, -0.15) is 13.2 Å². The maximum Gasteiger partial charge on any atom is 0.417 e. The average molecular weight is 1390 g/mol. The second kappa shape index (κ2) is 37.8. The van der Waals surface area contributed by atoms with Crippen molar-refractivity contribution in [1.29, 1.82) is 0 Å². The van der Waals surface area contributed by atoms with Crippen LogP contribution in [0.25, 0.3) is 0 Å². The highest BCUT2D eigenvalue weighted by atomic mass is 35.5. The van der Waals surface area contributed by atoms with Crippen LogP contribution in [0.2, 0.25) is 5.02 Å². The lowest BCUT2D eigenvalue weighted by Gasteiger charge is -2.38. The minimum Gasteiger partial charge on any atom is -0.354 e. The third-order valence-corrected chi connectivity index (χ3v) is 20.2. The molecule has 0 spiro atoms. The summed E-state index contributed by atoms with van der Waals surface area (Å²) in [5, 5.41) is 7.94. The third kappa shape index (κ3) is 22.7. The maximum atomic E-state index is 14.8. The Balaban J connectivity index is 1.50. The van der Waals surface area contributed by atoms with Crippen LogP contribution in [0.1, 0.15) is 174 Å². The van der Waals surface area contributed by atoms with Crippen molar-refractivity contribution in [3.63, 3.8) is 0 Å². The number of hydrogen-bond donors (Lipinski definition) is 3. The Labute approximate surface area is 576 Å². The molecule has 97 heavy (non-hydrogen) atoms. The largest absolute Gasteiger partial charge is 0.417 e. The third-order valence-electron chi connectivity index (χ3n) is 19.9. The molecule has 3 saturated heterocycles. The van der Waals surface area contributed by atoms with Crippen LogP contribution in [0.5, 0.6) is 0 Å². The number of piperidine rings is 1. The number of carbonyl (C=O) groups excluding carboxylic acids is 12. The van der Waals surface area contributed by atoms with Crippen LogP contribution in [0, 0.1) is 17.8 Å². The van der Waals surface area contributed by atoms with Gasteiger partial charge in [0.1, 0.15) is 42.3 Å². The van der Waals surface area contributed by atoms with Gasteiger partial charge in [0.05, 0.1) is 36.6 Å². The molecule has 1 aliphatic carbocycles. The summed E-state index contributed by atoms with van der Waals surface area (Å²) < 4.78 is 41.2. The van der Waals surface area contributed by atoms with Gasteiger partial charge in [-0.05, 0) is 112 Å². The molecule has 24 nitrogen and oxygen atoms in total. The van der Waals surface area contributed by atoms with Gasteiger partial charge in [-0.25, -0.2) is 0 Å². The molecule has 3 heterocycles. The summed E-state index contributed by atoms with van der Waals surface area (Å²) in [4.78, 5) is 185. The topological polar surface area (TPSA) is 270 Å². The predicted molar refractivity (Wildman–Crippen MR) is 359 cm³/mol. The SMILES string of the molecule is CCC[C@H]1C(=O)N(C)[C@H](C(=O)N2CCCCC2)CC(=O)N(C)[C@@H](CC(C)C)C(=O)N[C@@H]([C@@H](C)CC)C(=O)N(C)CC(=O)N(C)CC(=O)N(C)[C@@H](CC2CCCCC2)C(=O)N(C)CC(=O)N[C@@H](CCc2ccc(C(F)(F)F)c(Cl)c2)C(=O)N2CCC[C@H]2C(=O)NCCCCC(=O)N1C. The molecule has 4 fully saturated rings. The number of aryl methyl sites for hydroxylation is 1. The van der Waals surface area contributed by atoms with E-state index in [4.69, 9.17) is 11.6 Å². The monoisotopic (exact) mass is 1390 g/mol. The second-order valence-corrected chi connectivity index (χ2v) is 28.1. The van der Waals surface area contributed by atoms with Gasteiger partial charge >= 0.3 is 6.18 Å². The molecule has 3 aliphatic heterocycles. The van der Waals surface area contributed by atoms with Crippen LogP contribution in [0.4, 0.5) is 13.2 Å². The molecule has 1 aromatic carbocycles. The molecule has 0 radical (unpaired) electrons. The molecular weight excluding hydrogens is 1280 g/mol. The van der Waals surface area contributed by atoms with E-state index in [0.29, 0.717) is 57.2 Å². The van der Waals surface area contributed by atoms with Crippen LogP contribution in [0.3, 0.4) is 0 Å². The molecule has 5 rings (SSSR count). The first-order valence-corrected chi connectivity index (χ1v) is 35.2. The van der Waals surface area contributed by atoms with E-state index < -0.39 is 162 Å². The molecule has 3 N–H and O–H groups in total. The molecule has 0 bridgehead atoms. The number of nitrogens with one attached hydrogen (secondary N) is 3. The zero-order valence-corrected chi connectivity index (χ0v) is 60.0. The molecular formula is C69H108ClF3N12O12. The van der Waals surface area contributed by atoms with Gasteiger partial charge in [-0.3, -0.25) is 57.5 Å². The Morgan fingerprint density at radius 2 is 1.23 bits per heavy atom. The number of rotatable bonds is 12. The lowest BCUT2D eigenvalue weighted by Crippen LogP contribution is -2.59. The highest BCUT2D eigenvalue weighted by Crippen LogP contribution is 2.36. The van der Waals surface area contributed by atoms with Crippen molar-refractivity contribution >= 4 is 82.5 Å². The van der Waals surface area contributed by atoms with Gasteiger partial charge in [-0.15, -0.1) is 0 Å². The number of benzene rings is 1. The summed E-state index contributed by atoms with van der Waals surface area (Å²) in [5.41, 5.74) is -0.733. The highest BCUT2D eigenvalue weighted by molar-refractivity contribution is 6.31. The summed E-state index contributed by atoms with van der Waals surface area (Å²) in [6, 6.07) is -5.00. The van der Waals surface area contributed by atoms with Crippen molar-refractivity contribution in [2.45, 2.75) is 218 Å². The van der Waals surface area contributed by atoms with Crippen LogP contribution < -0.4 is 16.0 Å². The molecule has 0 unspecified atom stereocenters. The Bertz CT molecular complexity index is 2930. The van der Waals surface area contributed by atoms with Crippen molar-refractivity contribution in [2.75, 3.05) is 95.1 Å². The van der Waals surface area contributed by atoms with Crippen LogP contribution in [-0.2, 0) is 70.1 Å². The van der Waals surface area contributed by atoms with Gasteiger partial charge < -0.3 is 60.0 Å². The van der Waals surface area contributed by atoms with E-state index in [1.165, 1.54) is 79.9 Å². The Morgan fingerprint density at radius 1 is 0.608 bits per heavy atom. The quantitative estimate of drug-likeness (QED) is 0.234. The summed E-state index contributed by atoms with van der Waals surface area (Å²) in [5.74, 6) is -7.78. The van der Waals surface area contributed by atoms with Gasteiger partial charge in [0, 0.05) is 81.9 Å². The number of likely N-dealkylation sites (tertiary alicyclic amines) is 1. The molecule has 4 aliphatic rings. The zero-order chi connectivity index (χ0) is 72.2. The van der Waals surface area contributed by atoms with E-state index in [9.17, 15) is 70.7 Å². The minimum absolute atomic E-state index is 0.0292. The van der Waals surface area contributed by atoms with E-state index in [-0.39, 0.29) is 76.3 Å². The average Bonchev–Trinajstić information content (AvgIpc) is 1.67. The highest BCUT2D eigenvalue weighted by Gasteiger charge is 2.43.